The normalized spacial score (nSPS) is 10.7. The zero-order chi connectivity index (χ0) is 23.6. The second-order valence-electron chi connectivity index (χ2n) is 7.49. The van der Waals surface area contributed by atoms with Gasteiger partial charge in [-0.25, -0.2) is 4.79 Å². The lowest BCUT2D eigenvalue weighted by Crippen LogP contribution is -2.17. The van der Waals surface area contributed by atoms with Gasteiger partial charge in [-0.2, -0.15) is 0 Å². The Morgan fingerprint density at radius 3 is 2.16 bits per heavy atom. The quantitative estimate of drug-likeness (QED) is 0.281. The van der Waals surface area contributed by atoms with Crippen molar-refractivity contribution in [3.63, 3.8) is 0 Å². The third-order valence-corrected chi connectivity index (χ3v) is 6.08. The van der Waals surface area contributed by atoms with Gasteiger partial charge in [0.15, 0.2) is 0 Å². The van der Waals surface area contributed by atoms with Gasteiger partial charge in [0.25, 0.3) is 11.6 Å². The summed E-state index contributed by atoms with van der Waals surface area (Å²) in [6, 6.07) is 9.84. The number of carbonyl (C=O) groups is 2. The van der Waals surface area contributed by atoms with Crippen LogP contribution in [0.4, 0.5) is 10.7 Å². The smallest absolute Gasteiger partial charge is 0.341 e. The fraction of sp³-hybridized carbons (Fsp3) is 0.250. The first kappa shape index (κ1) is 23.1. The molecule has 1 aromatic heterocycles. The van der Waals surface area contributed by atoms with E-state index in [9.17, 15) is 19.7 Å². The third kappa shape index (κ3) is 4.55. The molecule has 0 bridgehead atoms. The number of carbonyl (C=O) groups excluding carboxylic acids is 2. The summed E-state index contributed by atoms with van der Waals surface area (Å²) in [5.41, 5.74) is 4.76. The van der Waals surface area contributed by atoms with E-state index in [-0.39, 0.29) is 23.8 Å². The monoisotopic (exact) mass is 452 g/mol. The van der Waals surface area contributed by atoms with Gasteiger partial charge < -0.3 is 10.1 Å². The topological polar surface area (TPSA) is 98.5 Å². The molecule has 0 unspecified atom stereocenters. The number of nitro groups is 1. The summed E-state index contributed by atoms with van der Waals surface area (Å²) in [5, 5.41) is 14.3. The molecule has 0 fully saturated rings. The number of nitro benzene ring substituents is 1. The van der Waals surface area contributed by atoms with Crippen LogP contribution in [0.1, 0.15) is 49.2 Å². The number of hydrogen-bond donors (Lipinski definition) is 1. The molecule has 0 aliphatic rings. The number of non-ortho nitro benzene ring substituents is 1. The molecular formula is C24H24N2O5S. The zero-order valence-electron chi connectivity index (χ0n) is 18.6. The molecule has 32 heavy (non-hydrogen) atoms. The number of amides is 1. The van der Waals surface area contributed by atoms with Crippen molar-refractivity contribution in [2.45, 2.75) is 34.6 Å². The number of nitrogens with zero attached hydrogens (tertiary/aromatic N) is 1. The number of ether oxygens (including phenoxy) is 1. The lowest BCUT2D eigenvalue weighted by Gasteiger charge is -2.12. The molecule has 0 atom stereocenters. The molecule has 0 saturated heterocycles. The highest BCUT2D eigenvalue weighted by molar-refractivity contribution is 7.17. The van der Waals surface area contributed by atoms with Gasteiger partial charge in [-0.3, -0.25) is 14.9 Å². The minimum atomic E-state index is -0.558. The van der Waals surface area contributed by atoms with Crippen LogP contribution in [0.2, 0.25) is 0 Å². The molecule has 3 rings (SSSR count). The fourth-order valence-electron chi connectivity index (χ4n) is 3.83. The van der Waals surface area contributed by atoms with Crippen molar-refractivity contribution in [2.24, 2.45) is 0 Å². The zero-order valence-corrected chi connectivity index (χ0v) is 19.4. The first-order chi connectivity index (χ1) is 15.1. The Labute approximate surface area is 190 Å². The van der Waals surface area contributed by atoms with Crippen molar-refractivity contribution >= 4 is 33.9 Å². The third-order valence-electron chi connectivity index (χ3n) is 5.06. The van der Waals surface area contributed by atoms with E-state index >= 15 is 0 Å². The van der Waals surface area contributed by atoms with Gasteiger partial charge in [0, 0.05) is 28.1 Å². The van der Waals surface area contributed by atoms with Crippen LogP contribution < -0.4 is 5.32 Å². The van der Waals surface area contributed by atoms with Crippen LogP contribution in [0.5, 0.6) is 0 Å². The maximum Gasteiger partial charge on any atom is 0.341 e. The Morgan fingerprint density at radius 1 is 1.03 bits per heavy atom. The van der Waals surface area contributed by atoms with Crippen molar-refractivity contribution in [2.75, 3.05) is 11.9 Å². The van der Waals surface area contributed by atoms with Crippen LogP contribution in [-0.4, -0.2) is 23.4 Å². The number of esters is 1. The number of benzene rings is 2. The molecule has 1 heterocycles. The minimum Gasteiger partial charge on any atom is -0.462 e. The number of rotatable bonds is 6. The summed E-state index contributed by atoms with van der Waals surface area (Å²) in [6.45, 7) is 9.45. The van der Waals surface area contributed by atoms with Crippen molar-refractivity contribution in [1.82, 2.24) is 0 Å². The van der Waals surface area contributed by atoms with E-state index in [1.807, 2.05) is 39.8 Å². The van der Waals surface area contributed by atoms with E-state index in [2.05, 4.69) is 5.32 Å². The summed E-state index contributed by atoms with van der Waals surface area (Å²) in [4.78, 5) is 37.3. The Morgan fingerprint density at radius 2 is 1.62 bits per heavy atom. The standard InChI is InChI=1S/C24H24N2O5S/c1-6-31-24(28)21-20(17-7-9-18(10-8-17)26(29)30)16(5)32-23(21)25-22(27)19-14(3)11-13(2)12-15(19)4/h7-12H,6H2,1-5H3,(H,25,27). The van der Waals surface area contributed by atoms with Crippen LogP contribution in [0.3, 0.4) is 0 Å². The number of thiophene rings is 1. The molecule has 8 heteroatoms. The maximum absolute atomic E-state index is 13.1. The van der Waals surface area contributed by atoms with Gasteiger partial charge >= 0.3 is 5.97 Å². The molecule has 166 valence electrons. The van der Waals surface area contributed by atoms with Crippen molar-refractivity contribution in [3.05, 3.63) is 79.2 Å². The Bertz CT molecular complexity index is 1190. The van der Waals surface area contributed by atoms with Crippen LogP contribution in [0, 0.1) is 37.8 Å². The molecule has 0 saturated carbocycles. The molecule has 0 aliphatic carbocycles. The SMILES string of the molecule is CCOC(=O)c1c(NC(=O)c2c(C)cc(C)cc2C)sc(C)c1-c1ccc([N+](=O)[O-])cc1. The predicted molar refractivity (Wildman–Crippen MR) is 126 cm³/mol. The number of hydrogen-bond acceptors (Lipinski definition) is 6. The van der Waals surface area contributed by atoms with Crippen molar-refractivity contribution in [1.29, 1.82) is 0 Å². The first-order valence-electron chi connectivity index (χ1n) is 10.1. The van der Waals surface area contributed by atoms with E-state index in [0.29, 0.717) is 21.7 Å². The molecule has 2 aromatic carbocycles. The summed E-state index contributed by atoms with van der Waals surface area (Å²) in [5.74, 6) is -0.861. The number of nitrogens with one attached hydrogen (secondary N) is 1. The molecule has 0 aliphatic heterocycles. The maximum atomic E-state index is 13.1. The summed E-state index contributed by atoms with van der Waals surface area (Å²) in [6.07, 6.45) is 0. The highest BCUT2D eigenvalue weighted by Crippen LogP contribution is 2.41. The Kier molecular flexibility index (Phi) is 6.74. The van der Waals surface area contributed by atoms with E-state index in [1.165, 1.54) is 23.5 Å². The predicted octanol–water partition coefficient (Wildman–Crippen LogP) is 5.99. The van der Waals surface area contributed by atoms with Crippen LogP contribution in [-0.2, 0) is 4.74 Å². The molecule has 1 N–H and O–H groups in total. The average Bonchev–Trinajstić information content (AvgIpc) is 3.03. The van der Waals surface area contributed by atoms with Gasteiger partial charge in [-0.15, -0.1) is 11.3 Å². The second-order valence-corrected chi connectivity index (χ2v) is 8.71. The van der Waals surface area contributed by atoms with Gasteiger partial charge in [0.1, 0.15) is 10.6 Å². The molecular weight excluding hydrogens is 428 g/mol. The largest absolute Gasteiger partial charge is 0.462 e. The molecule has 0 spiro atoms. The highest BCUT2D eigenvalue weighted by Gasteiger charge is 2.26. The lowest BCUT2D eigenvalue weighted by molar-refractivity contribution is -0.384. The molecule has 0 radical (unpaired) electrons. The van der Waals surface area contributed by atoms with E-state index in [4.69, 9.17) is 4.74 Å². The first-order valence-corrected chi connectivity index (χ1v) is 10.9. The lowest BCUT2D eigenvalue weighted by atomic mass is 9.99. The minimum absolute atomic E-state index is 0.0434. The summed E-state index contributed by atoms with van der Waals surface area (Å²) in [7, 11) is 0. The fourth-order valence-corrected chi connectivity index (χ4v) is 4.89. The summed E-state index contributed by atoms with van der Waals surface area (Å²) < 4.78 is 5.26. The number of aryl methyl sites for hydroxylation is 4. The van der Waals surface area contributed by atoms with E-state index < -0.39 is 10.9 Å². The van der Waals surface area contributed by atoms with Crippen LogP contribution in [0.25, 0.3) is 11.1 Å². The number of anilines is 1. The molecule has 7 nitrogen and oxygen atoms in total. The Hall–Kier alpha value is -3.52. The van der Waals surface area contributed by atoms with E-state index in [1.54, 1.807) is 19.1 Å². The second kappa shape index (κ2) is 9.32. The summed E-state index contributed by atoms with van der Waals surface area (Å²) >= 11 is 1.27. The van der Waals surface area contributed by atoms with Crippen molar-refractivity contribution < 1.29 is 19.2 Å². The van der Waals surface area contributed by atoms with Gasteiger partial charge in [0.05, 0.1) is 11.5 Å². The Balaban J connectivity index is 2.09. The highest BCUT2D eigenvalue weighted by atomic mass is 32.1. The van der Waals surface area contributed by atoms with Gasteiger partial charge in [0.2, 0.25) is 0 Å². The van der Waals surface area contributed by atoms with Crippen LogP contribution >= 0.6 is 11.3 Å². The van der Waals surface area contributed by atoms with E-state index in [0.717, 1.165) is 21.6 Å². The van der Waals surface area contributed by atoms with Crippen LogP contribution in [0.15, 0.2) is 36.4 Å². The average molecular weight is 453 g/mol. The van der Waals surface area contributed by atoms with Gasteiger partial charge in [-0.1, -0.05) is 17.7 Å². The molecule has 3 aromatic rings. The molecule has 1 amide bonds. The van der Waals surface area contributed by atoms with Gasteiger partial charge in [-0.05, 0) is 63.4 Å². The van der Waals surface area contributed by atoms with Crippen molar-refractivity contribution in [3.8, 4) is 11.1 Å².